The molecule has 1 aliphatic heterocycles. The Labute approximate surface area is 194 Å². The molecule has 0 bridgehead atoms. The Hall–Kier alpha value is -3.58. The van der Waals surface area contributed by atoms with Crippen LogP contribution in [0.2, 0.25) is 0 Å². The fourth-order valence-electron chi connectivity index (χ4n) is 3.51. The second kappa shape index (κ2) is 10.4. The number of sulfone groups is 1. The lowest BCUT2D eigenvalue weighted by Crippen LogP contribution is -2.32. The van der Waals surface area contributed by atoms with E-state index in [9.17, 15) is 13.2 Å². The molecule has 7 heteroatoms. The molecule has 1 heterocycles. The first-order valence-corrected chi connectivity index (χ1v) is 12.4. The molecule has 4 rings (SSSR count). The van der Waals surface area contributed by atoms with E-state index in [4.69, 9.17) is 9.47 Å². The summed E-state index contributed by atoms with van der Waals surface area (Å²) in [5.74, 6) is 0.646. The lowest BCUT2D eigenvalue weighted by molar-refractivity contribution is -0.118. The number of nitrogens with zero attached hydrogens (tertiary/aromatic N) is 1. The minimum Gasteiger partial charge on any atom is -0.486 e. The average Bonchev–Trinajstić information content (AvgIpc) is 2.86. The minimum absolute atomic E-state index is 0.134. The Morgan fingerprint density at radius 1 is 0.879 bits per heavy atom. The first-order chi connectivity index (χ1) is 16.0. The molecule has 0 N–H and O–H groups in total. The molecular weight excluding hydrogens is 438 g/mol. The van der Waals surface area contributed by atoms with Crippen LogP contribution in [0.3, 0.4) is 0 Å². The highest BCUT2D eigenvalue weighted by Crippen LogP contribution is 2.34. The number of carbonyl (C=O) groups excluding carboxylic acids is 1. The number of benzene rings is 3. The summed E-state index contributed by atoms with van der Waals surface area (Å²) in [6.07, 6.45) is 3.68. The van der Waals surface area contributed by atoms with Crippen molar-refractivity contribution in [2.24, 2.45) is 0 Å². The van der Waals surface area contributed by atoms with Crippen molar-refractivity contribution in [3.8, 4) is 11.5 Å². The van der Waals surface area contributed by atoms with Gasteiger partial charge in [-0.1, -0.05) is 60.7 Å². The number of hydrogen-bond donors (Lipinski definition) is 0. The molecule has 0 saturated carbocycles. The van der Waals surface area contributed by atoms with Crippen molar-refractivity contribution in [2.75, 3.05) is 30.4 Å². The highest BCUT2D eigenvalue weighted by Gasteiger charge is 2.22. The summed E-state index contributed by atoms with van der Waals surface area (Å²) < 4.78 is 36.6. The molecular formula is C26H25NO5S. The Balaban J connectivity index is 1.54. The molecule has 3 aromatic rings. The second-order valence-electron chi connectivity index (χ2n) is 7.53. The van der Waals surface area contributed by atoms with E-state index in [1.165, 1.54) is 0 Å². The summed E-state index contributed by atoms with van der Waals surface area (Å²) in [4.78, 5) is 15.0. The number of amides is 1. The molecule has 1 aliphatic rings. The number of rotatable bonds is 8. The molecule has 0 unspecified atom stereocenters. The molecule has 0 radical (unpaired) electrons. The standard InChI is InChI=1S/C26H25NO5S/c28-26(15-19-33(29,30)23-11-5-2-6-12-23)27(16-7-10-21-8-3-1-4-9-21)22-13-14-24-25(20-22)32-18-17-31-24/h1-14,20H,15-19H2. The van der Waals surface area contributed by atoms with Crippen molar-refractivity contribution in [3.63, 3.8) is 0 Å². The van der Waals surface area contributed by atoms with E-state index in [2.05, 4.69) is 0 Å². The zero-order valence-electron chi connectivity index (χ0n) is 18.1. The highest BCUT2D eigenvalue weighted by molar-refractivity contribution is 7.91. The predicted octanol–water partition coefficient (Wildman–Crippen LogP) is 4.37. The monoisotopic (exact) mass is 463 g/mol. The van der Waals surface area contributed by atoms with Crippen LogP contribution in [0.5, 0.6) is 11.5 Å². The van der Waals surface area contributed by atoms with Crippen molar-refractivity contribution in [1.82, 2.24) is 0 Å². The average molecular weight is 464 g/mol. The fraction of sp³-hybridized carbons (Fsp3) is 0.192. The third-order valence-corrected chi connectivity index (χ3v) is 6.96. The molecule has 1 amide bonds. The maximum atomic E-state index is 13.2. The van der Waals surface area contributed by atoms with Crippen LogP contribution < -0.4 is 14.4 Å². The molecule has 0 aliphatic carbocycles. The number of ether oxygens (including phenoxy) is 2. The number of fused-ring (bicyclic) bond motifs is 1. The van der Waals surface area contributed by atoms with Gasteiger partial charge in [-0.3, -0.25) is 4.79 Å². The van der Waals surface area contributed by atoms with Crippen LogP contribution in [-0.4, -0.2) is 39.8 Å². The quantitative estimate of drug-likeness (QED) is 0.496. The molecule has 0 saturated heterocycles. The van der Waals surface area contributed by atoms with Crippen LogP contribution in [0, 0.1) is 0 Å². The van der Waals surface area contributed by atoms with Gasteiger partial charge < -0.3 is 14.4 Å². The Kier molecular flexibility index (Phi) is 7.10. The van der Waals surface area contributed by atoms with Crippen LogP contribution >= 0.6 is 0 Å². The smallest absolute Gasteiger partial charge is 0.228 e. The predicted molar refractivity (Wildman–Crippen MR) is 128 cm³/mol. The van der Waals surface area contributed by atoms with Crippen LogP contribution in [0.25, 0.3) is 6.08 Å². The molecule has 0 spiro atoms. The summed E-state index contributed by atoms with van der Waals surface area (Å²) in [6, 6.07) is 23.3. The van der Waals surface area contributed by atoms with E-state index in [0.717, 1.165) is 5.56 Å². The van der Waals surface area contributed by atoms with Crippen LogP contribution in [0.1, 0.15) is 12.0 Å². The van der Waals surface area contributed by atoms with Crippen molar-refractivity contribution in [3.05, 3.63) is 90.5 Å². The summed E-state index contributed by atoms with van der Waals surface area (Å²) in [5.41, 5.74) is 1.64. The van der Waals surface area contributed by atoms with Crippen LogP contribution in [0.15, 0.2) is 89.8 Å². The van der Waals surface area contributed by atoms with E-state index in [-0.39, 0.29) is 23.0 Å². The summed E-state index contributed by atoms with van der Waals surface area (Å²) in [6.45, 7) is 1.21. The largest absolute Gasteiger partial charge is 0.486 e. The highest BCUT2D eigenvalue weighted by atomic mass is 32.2. The maximum absolute atomic E-state index is 13.2. The fourth-order valence-corrected chi connectivity index (χ4v) is 4.76. The zero-order chi connectivity index (χ0) is 23.1. The van der Waals surface area contributed by atoms with Gasteiger partial charge in [0.25, 0.3) is 0 Å². The first kappa shape index (κ1) is 22.6. The molecule has 0 atom stereocenters. The van der Waals surface area contributed by atoms with Gasteiger partial charge in [-0.2, -0.15) is 0 Å². The van der Waals surface area contributed by atoms with Crippen molar-refractivity contribution in [1.29, 1.82) is 0 Å². The summed E-state index contributed by atoms with van der Waals surface area (Å²) in [7, 11) is -3.56. The van der Waals surface area contributed by atoms with Gasteiger partial charge in [-0.25, -0.2) is 8.42 Å². The van der Waals surface area contributed by atoms with E-state index in [0.29, 0.717) is 36.9 Å². The maximum Gasteiger partial charge on any atom is 0.228 e. The zero-order valence-corrected chi connectivity index (χ0v) is 18.9. The normalized spacial score (nSPS) is 13.1. The SMILES string of the molecule is O=C(CCS(=O)(=O)c1ccccc1)N(CC=Cc1ccccc1)c1ccc2c(c1)OCCO2. The van der Waals surface area contributed by atoms with Gasteiger partial charge in [0.05, 0.1) is 10.6 Å². The molecule has 0 aromatic heterocycles. The van der Waals surface area contributed by atoms with E-state index in [1.54, 1.807) is 53.4 Å². The minimum atomic E-state index is -3.56. The third-order valence-electron chi connectivity index (χ3n) is 5.22. The van der Waals surface area contributed by atoms with Gasteiger partial charge in [0.2, 0.25) is 5.91 Å². The number of carbonyl (C=O) groups is 1. The lowest BCUT2D eigenvalue weighted by atomic mass is 10.2. The molecule has 3 aromatic carbocycles. The summed E-state index contributed by atoms with van der Waals surface area (Å²) >= 11 is 0. The van der Waals surface area contributed by atoms with Gasteiger partial charge in [0.15, 0.2) is 21.3 Å². The van der Waals surface area contributed by atoms with Crippen LogP contribution in [0.4, 0.5) is 5.69 Å². The molecule has 0 fully saturated rings. The Bertz CT molecular complexity index is 1220. The van der Waals surface area contributed by atoms with Gasteiger partial charge in [-0.15, -0.1) is 0 Å². The van der Waals surface area contributed by atoms with Crippen LogP contribution in [-0.2, 0) is 14.6 Å². The molecule has 33 heavy (non-hydrogen) atoms. The first-order valence-electron chi connectivity index (χ1n) is 10.7. The van der Waals surface area contributed by atoms with Crippen molar-refractivity contribution in [2.45, 2.75) is 11.3 Å². The molecule has 170 valence electrons. The van der Waals surface area contributed by atoms with E-state index < -0.39 is 9.84 Å². The second-order valence-corrected chi connectivity index (χ2v) is 9.64. The summed E-state index contributed by atoms with van der Waals surface area (Å²) in [5, 5.41) is 0. The number of hydrogen-bond acceptors (Lipinski definition) is 5. The Morgan fingerprint density at radius 2 is 1.55 bits per heavy atom. The van der Waals surface area contributed by atoms with Gasteiger partial charge in [-0.05, 0) is 29.8 Å². The topological polar surface area (TPSA) is 72.9 Å². The third kappa shape index (κ3) is 5.81. The Morgan fingerprint density at radius 3 is 2.27 bits per heavy atom. The van der Waals surface area contributed by atoms with E-state index in [1.807, 2.05) is 42.5 Å². The van der Waals surface area contributed by atoms with Gasteiger partial charge >= 0.3 is 0 Å². The van der Waals surface area contributed by atoms with Crippen molar-refractivity contribution >= 4 is 27.5 Å². The number of anilines is 1. The van der Waals surface area contributed by atoms with Gasteiger partial charge in [0.1, 0.15) is 13.2 Å². The molecule has 6 nitrogen and oxygen atoms in total. The lowest BCUT2D eigenvalue weighted by Gasteiger charge is -2.24. The van der Waals surface area contributed by atoms with Crippen molar-refractivity contribution < 1.29 is 22.7 Å². The van der Waals surface area contributed by atoms with Gasteiger partial charge in [0, 0.05) is 24.7 Å². The van der Waals surface area contributed by atoms with E-state index >= 15 is 0 Å².